The molecule has 24 heavy (non-hydrogen) atoms. The van der Waals surface area contributed by atoms with Crippen LogP contribution in [0.25, 0.3) is 0 Å². The predicted octanol–water partition coefficient (Wildman–Crippen LogP) is 5.58. The number of benzene rings is 2. The van der Waals surface area contributed by atoms with Crippen molar-refractivity contribution in [2.24, 2.45) is 0 Å². The predicted molar refractivity (Wildman–Crippen MR) is 103 cm³/mol. The minimum Gasteiger partial charge on any atom is -0.493 e. The van der Waals surface area contributed by atoms with Gasteiger partial charge in [-0.1, -0.05) is 23.7 Å². The molecule has 0 amide bonds. The number of rotatable bonds is 6. The van der Waals surface area contributed by atoms with Crippen molar-refractivity contribution in [1.29, 1.82) is 0 Å². The van der Waals surface area contributed by atoms with Gasteiger partial charge < -0.3 is 14.8 Å². The number of nitrogens with one attached hydrogen (secondary N) is 1. The number of methoxy groups -OCH3 is 1. The fourth-order valence-electron chi connectivity index (χ4n) is 2.16. The summed E-state index contributed by atoms with van der Waals surface area (Å²) in [5, 5.41) is 4.17. The summed E-state index contributed by atoms with van der Waals surface area (Å²) in [7, 11) is 1.65. The molecule has 0 aliphatic rings. The van der Waals surface area contributed by atoms with Gasteiger partial charge in [-0.2, -0.15) is 0 Å². The second-order valence-electron chi connectivity index (χ2n) is 6.63. The Balaban J connectivity index is 2.14. The summed E-state index contributed by atoms with van der Waals surface area (Å²) in [5.41, 5.74) is 2.19. The number of hydrogen-bond acceptors (Lipinski definition) is 3. The highest BCUT2D eigenvalue weighted by atomic mass is 79.9. The standard InChI is InChI=1S/C19H23BrClNO2/c1-19(2,3)22-11-14-9-16(20)18(17(10-14)23-4)24-12-13-6-5-7-15(21)8-13/h5-10,22H,11-12H2,1-4H3. The first-order valence-corrected chi connectivity index (χ1v) is 8.94. The lowest BCUT2D eigenvalue weighted by molar-refractivity contribution is 0.282. The fraction of sp³-hybridized carbons (Fsp3) is 0.368. The molecular weight excluding hydrogens is 390 g/mol. The average Bonchev–Trinajstić information content (AvgIpc) is 2.50. The van der Waals surface area contributed by atoms with E-state index in [4.69, 9.17) is 21.1 Å². The molecule has 130 valence electrons. The summed E-state index contributed by atoms with van der Waals surface area (Å²) < 4.78 is 12.3. The van der Waals surface area contributed by atoms with E-state index in [0.717, 1.165) is 22.1 Å². The van der Waals surface area contributed by atoms with Crippen molar-refractivity contribution < 1.29 is 9.47 Å². The largest absolute Gasteiger partial charge is 0.493 e. The second-order valence-corrected chi connectivity index (χ2v) is 7.92. The zero-order valence-electron chi connectivity index (χ0n) is 14.5. The van der Waals surface area contributed by atoms with E-state index in [1.165, 1.54) is 0 Å². The summed E-state index contributed by atoms with van der Waals surface area (Å²) >= 11 is 9.60. The van der Waals surface area contributed by atoms with Gasteiger partial charge in [0.05, 0.1) is 11.6 Å². The summed E-state index contributed by atoms with van der Waals surface area (Å²) in [6, 6.07) is 11.7. The molecule has 0 aliphatic heterocycles. The lowest BCUT2D eigenvalue weighted by Crippen LogP contribution is -2.35. The molecule has 0 saturated heterocycles. The van der Waals surface area contributed by atoms with Crippen molar-refractivity contribution in [2.75, 3.05) is 7.11 Å². The summed E-state index contributed by atoms with van der Waals surface area (Å²) in [4.78, 5) is 0. The maximum atomic E-state index is 6.01. The van der Waals surface area contributed by atoms with E-state index < -0.39 is 0 Å². The lowest BCUT2D eigenvalue weighted by atomic mass is 10.1. The molecule has 2 aromatic carbocycles. The third-order valence-electron chi connectivity index (χ3n) is 3.38. The minimum absolute atomic E-state index is 0.0570. The molecule has 0 aromatic heterocycles. The molecule has 0 radical (unpaired) electrons. The zero-order chi connectivity index (χ0) is 17.7. The van der Waals surface area contributed by atoms with Crippen molar-refractivity contribution in [1.82, 2.24) is 5.32 Å². The Labute approximate surface area is 157 Å². The van der Waals surface area contributed by atoms with Crippen molar-refractivity contribution in [3.8, 4) is 11.5 Å². The smallest absolute Gasteiger partial charge is 0.175 e. The number of ether oxygens (including phenoxy) is 2. The molecule has 1 N–H and O–H groups in total. The van der Waals surface area contributed by atoms with E-state index in [0.29, 0.717) is 23.1 Å². The zero-order valence-corrected chi connectivity index (χ0v) is 16.8. The fourth-order valence-corrected chi connectivity index (χ4v) is 2.98. The maximum Gasteiger partial charge on any atom is 0.175 e. The number of hydrogen-bond donors (Lipinski definition) is 1. The Morgan fingerprint density at radius 1 is 1.12 bits per heavy atom. The van der Waals surface area contributed by atoms with E-state index >= 15 is 0 Å². The van der Waals surface area contributed by atoms with E-state index in [9.17, 15) is 0 Å². The second kappa shape index (κ2) is 8.24. The van der Waals surface area contributed by atoms with Gasteiger partial charge in [0.25, 0.3) is 0 Å². The maximum absolute atomic E-state index is 6.01. The molecule has 5 heteroatoms. The van der Waals surface area contributed by atoms with Crippen LogP contribution in [-0.4, -0.2) is 12.6 Å². The van der Waals surface area contributed by atoms with E-state index in [2.05, 4.69) is 48.1 Å². The first-order valence-electron chi connectivity index (χ1n) is 7.77. The van der Waals surface area contributed by atoms with E-state index in [1.54, 1.807) is 7.11 Å². The highest BCUT2D eigenvalue weighted by Gasteiger charge is 2.14. The van der Waals surface area contributed by atoms with E-state index in [1.807, 2.05) is 30.3 Å². The molecule has 0 fully saturated rings. The molecule has 0 atom stereocenters. The monoisotopic (exact) mass is 411 g/mol. The molecule has 0 bridgehead atoms. The van der Waals surface area contributed by atoms with Gasteiger partial charge in [0.15, 0.2) is 11.5 Å². The van der Waals surface area contributed by atoms with Crippen LogP contribution < -0.4 is 14.8 Å². The van der Waals surface area contributed by atoms with Gasteiger partial charge in [-0.25, -0.2) is 0 Å². The molecule has 2 rings (SSSR count). The Kier molecular flexibility index (Phi) is 6.55. The van der Waals surface area contributed by atoms with Crippen LogP contribution in [0.15, 0.2) is 40.9 Å². The third-order valence-corrected chi connectivity index (χ3v) is 4.21. The van der Waals surface area contributed by atoms with Crippen LogP contribution in [0.5, 0.6) is 11.5 Å². The molecule has 0 aliphatic carbocycles. The SMILES string of the molecule is COc1cc(CNC(C)(C)C)cc(Br)c1OCc1cccc(Cl)c1. The van der Waals surface area contributed by atoms with E-state index in [-0.39, 0.29) is 5.54 Å². The van der Waals surface area contributed by atoms with Crippen LogP contribution >= 0.6 is 27.5 Å². The van der Waals surface area contributed by atoms with Crippen molar-refractivity contribution in [3.63, 3.8) is 0 Å². The Morgan fingerprint density at radius 2 is 1.88 bits per heavy atom. The molecule has 3 nitrogen and oxygen atoms in total. The highest BCUT2D eigenvalue weighted by Crippen LogP contribution is 2.37. The minimum atomic E-state index is 0.0570. The molecular formula is C19H23BrClNO2. The highest BCUT2D eigenvalue weighted by molar-refractivity contribution is 9.10. The topological polar surface area (TPSA) is 30.5 Å². The van der Waals surface area contributed by atoms with Gasteiger partial charge in [0.1, 0.15) is 6.61 Å². The van der Waals surface area contributed by atoms with Crippen LogP contribution in [0.1, 0.15) is 31.9 Å². The average molecular weight is 413 g/mol. The van der Waals surface area contributed by atoms with Crippen LogP contribution in [0, 0.1) is 0 Å². The lowest BCUT2D eigenvalue weighted by Gasteiger charge is -2.21. The summed E-state index contributed by atoms with van der Waals surface area (Å²) in [6.45, 7) is 7.60. The van der Waals surface area contributed by atoms with Gasteiger partial charge >= 0.3 is 0 Å². The molecule has 0 saturated carbocycles. The normalized spacial score (nSPS) is 11.4. The first-order chi connectivity index (χ1) is 11.3. The van der Waals surface area contributed by atoms with Crippen molar-refractivity contribution in [2.45, 2.75) is 39.5 Å². The van der Waals surface area contributed by atoms with Crippen LogP contribution in [0.2, 0.25) is 5.02 Å². The summed E-state index contributed by atoms with van der Waals surface area (Å²) in [5.74, 6) is 1.40. The third kappa shape index (κ3) is 5.69. The van der Waals surface area contributed by atoms with Gasteiger partial charge in [0, 0.05) is 17.1 Å². The number of halogens is 2. The van der Waals surface area contributed by atoms with Gasteiger partial charge in [-0.3, -0.25) is 0 Å². The Bertz CT molecular complexity index is 698. The molecule has 0 heterocycles. The van der Waals surface area contributed by atoms with Crippen LogP contribution in [0.3, 0.4) is 0 Å². The van der Waals surface area contributed by atoms with Crippen LogP contribution in [0.4, 0.5) is 0 Å². The Morgan fingerprint density at radius 3 is 2.50 bits per heavy atom. The van der Waals surface area contributed by atoms with Crippen molar-refractivity contribution >= 4 is 27.5 Å². The molecule has 0 unspecified atom stereocenters. The van der Waals surface area contributed by atoms with Gasteiger partial charge in [0.2, 0.25) is 0 Å². The quantitative estimate of drug-likeness (QED) is 0.672. The Hall–Kier alpha value is -1.23. The van der Waals surface area contributed by atoms with Gasteiger partial charge in [-0.05, 0) is 72.1 Å². The first kappa shape index (κ1) is 19.1. The van der Waals surface area contributed by atoms with Gasteiger partial charge in [-0.15, -0.1) is 0 Å². The molecule has 0 spiro atoms. The molecule has 2 aromatic rings. The van der Waals surface area contributed by atoms with Crippen molar-refractivity contribution in [3.05, 3.63) is 57.0 Å². The summed E-state index contributed by atoms with van der Waals surface area (Å²) in [6.07, 6.45) is 0. The van der Waals surface area contributed by atoms with Crippen LogP contribution in [-0.2, 0) is 13.2 Å².